The second-order valence-electron chi connectivity index (χ2n) is 8.02. The molecular weight excluding hydrogens is 419 g/mol. The average Bonchev–Trinajstić information content (AvgIpc) is 3.47. The summed E-state index contributed by atoms with van der Waals surface area (Å²) in [5.74, 6) is -0.0224. The van der Waals surface area contributed by atoms with Crippen molar-refractivity contribution in [3.63, 3.8) is 0 Å². The van der Waals surface area contributed by atoms with Gasteiger partial charge in [-0.1, -0.05) is 48.5 Å². The molecule has 1 fully saturated rings. The van der Waals surface area contributed by atoms with Crippen molar-refractivity contribution in [1.29, 1.82) is 0 Å². The molecule has 168 valence electrons. The van der Waals surface area contributed by atoms with E-state index in [0.29, 0.717) is 0 Å². The minimum absolute atomic E-state index is 0.0394. The first-order valence-electron chi connectivity index (χ1n) is 10.5. The number of benzene rings is 2. The van der Waals surface area contributed by atoms with Crippen LogP contribution in [0.15, 0.2) is 65.3 Å². The lowest BCUT2D eigenvalue weighted by atomic mass is 10.0. The summed E-state index contributed by atoms with van der Waals surface area (Å²) in [6.07, 6.45) is -1.24. The lowest BCUT2D eigenvalue weighted by molar-refractivity contribution is -0.138. The largest absolute Gasteiger partial charge is 0.447 e. The molecule has 1 aromatic heterocycles. The van der Waals surface area contributed by atoms with Gasteiger partial charge in [-0.05, 0) is 37.0 Å². The summed E-state index contributed by atoms with van der Waals surface area (Å²) in [5, 5.41) is 2.85. The fraction of sp³-hybridized carbons (Fsp3) is 0.333. The van der Waals surface area contributed by atoms with Gasteiger partial charge in [0, 0.05) is 18.6 Å². The Hall–Kier alpha value is -3.13. The molecule has 1 N–H and O–H groups in total. The van der Waals surface area contributed by atoms with Gasteiger partial charge in [-0.2, -0.15) is 13.2 Å². The molecule has 1 heterocycles. The van der Waals surface area contributed by atoms with Crippen LogP contribution in [0.1, 0.15) is 58.9 Å². The van der Waals surface area contributed by atoms with E-state index in [9.17, 15) is 18.0 Å². The normalized spacial score (nSPS) is 15.0. The van der Waals surface area contributed by atoms with Gasteiger partial charge in [-0.15, -0.1) is 0 Å². The Balaban J connectivity index is 1.59. The van der Waals surface area contributed by atoms with Crippen LogP contribution in [0.25, 0.3) is 0 Å². The number of rotatable bonds is 8. The predicted molar refractivity (Wildman–Crippen MR) is 113 cm³/mol. The molecule has 1 amide bonds. The summed E-state index contributed by atoms with van der Waals surface area (Å²) in [5.41, 5.74) is 0.633. The van der Waals surface area contributed by atoms with Crippen molar-refractivity contribution in [2.24, 2.45) is 0 Å². The van der Waals surface area contributed by atoms with Crippen molar-refractivity contribution in [3.8, 4) is 0 Å². The molecular formula is C24H24F3N3O2. The van der Waals surface area contributed by atoms with Crippen LogP contribution in [0.5, 0.6) is 0 Å². The van der Waals surface area contributed by atoms with Crippen LogP contribution >= 0.6 is 0 Å². The molecule has 0 saturated heterocycles. The number of hydrogen-bond acceptors (Lipinski definition) is 4. The second-order valence-corrected chi connectivity index (χ2v) is 8.02. The molecule has 1 aliphatic rings. The molecule has 2 aromatic carbocycles. The van der Waals surface area contributed by atoms with E-state index in [0.717, 1.165) is 24.5 Å². The highest BCUT2D eigenvalue weighted by atomic mass is 19.4. The van der Waals surface area contributed by atoms with E-state index in [1.807, 2.05) is 42.2 Å². The van der Waals surface area contributed by atoms with E-state index in [4.69, 9.17) is 4.42 Å². The number of oxazole rings is 1. The smallest absolute Gasteiger partial charge is 0.416 e. The van der Waals surface area contributed by atoms with Crippen molar-refractivity contribution >= 4 is 5.91 Å². The molecule has 0 spiro atoms. The Morgan fingerprint density at radius 1 is 1.12 bits per heavy atom. The van der Waals surface area contributed by atoms with Crippen molar-refractivity contribution in [3.05, 3.63) is 89.1 Å². The predicted octanol–water partition coefficient (Wildman–Crippen LogP) is 5.35. The van der Waals surface area contributed by atoms with Crippen molar-refractivity contribution in [2.45, 2.75) is 51.1 Å². The first-order chi connectivity index (χ1) is 15.3. The quantitative estimate of drug-likeness (QED) is 0.510. The molecule has 0 bridgehead atoms. The van der Waals surface area contributed by atoms with Gasteiger partial charge >= 0.3 is 6.18 Å². The summed E-state index contributed by atoms with van der Waals surface area (Å²) in [6.45, 7) is 2.12. The third-order valence-corrected chi connectivity index (χ3v) is 5.56. The number of nitrogens with one attached hydrogen (secondary N) is 1. The molecule has 4 rings (SSSR count). The lowest BCUT2D eigenvalue weighted by Crippen LogP contribution is -2.28. The highest BCUT2D eigenvalue weighted by Crippen LogP contribution is 2.34. The zero-order chi connectivity index (χ0) is 22.7. The standard InChI is InChI=1S/C24H24F3N3O2/c1-16(17-7-3-2-4-8-17)30(13-18-9-5-6-10-20(18)24(25,26)27)14-22-29-21(15-32-22)23(31)28-19-11-12-19/h2-10,15-16,19H,11-14H2,1H3,(H,28,31)/t16-/m0/s1. The molecule has 32 heavy (non-hydrogen) atoms. The topological polar surface area (TPSA) is 58.4 Å². The van der Waals surface area contributed by atoms with Gasteiger partial charge in [0.2, 0.25) is 5.89 Å². The Morgan fingerprint density at radius 2 is 1.81 bits per heavy atom. The van der Waals surface area contributed by atoms with Crippen LogP contribution in [0.4, 0.5) is 13.2 Å². The van der Waals surface area contributed by atoms with Gasteiger partial charge in [-0.3, -0.25) is 9.69 Å². The van der Waals surface area contributed by atoms with E-state index in [2.05, 4.69) is 10.3 Å². The van der Waals surface area contributed by atoms with Crippen molar-refractivity contribution < 1.29 is 22.4 Å². The summed E-state index contributed by atoms with van der Waals surface area (Å²) in [6, 6.07) is 15.1. The molecule has 8 heteroatoms. The maximum absolute atomic E-state index is 13.6. The number of hydrogen-bond donors (Lipinski definition) is 1. The fourth-order valence-corrected chi connectivity index (χ4v) is 3.57. The minimum atomic E-state index is -4.45. The van der Waals surface area contributed by atoms with Gasteiger partial charge in [0.15, 0.2) is 5.69 Å². The Kier molecular flexibility index (Phi) is 6.32. The molecule has 3 aromatic rings. The summed E-state index contributed by atoms with van der Waals surface area (Å²) in [4.78, 5) is 18.4. The van der Waals surface area contributed by atoms with Crippen LogP contribution in [-0.4, -0.2) is 21.8 Å². The highest BCUT2D eigenvalue weighted by Gasteiger charge is 2.34. The molecule has 1 atom stereocenters. The first kappa shape index (κ1) is 22.1. The number of carbonyl (C=O) groups is 1. The lowest BCUT2D eigenvalue weighted by Gasteiger charge is -2.29. The molecule has 1 saturated carbocycles. The van der Waals surface area contributed by atoms with Crippen LogP contribution in [0, 0.1) is 0 Å². The molecule has 0 aliphatic heterocycles. The third-order valence-electron chi connectivity index (χ3n) is 5.56. The van der Waals surface area contributed by atoms with Crippen LogP contribution in [-0.2, 0) is 19.3 Å². The van der Waals surface area contributed by atoms with Crippen molar-refractivity contribution in [1.82, 2.24) is 15.2 Å². The third kappa shape index (κ3) is 5.37. The monoisotopic (exact) mass is 443 g/mol. The molecule has 0 unspecified atom stereocenters. The Labute approximate surface area is 184 Å². The van der Waals surface area contributed by atoms with E-state index in [1.165, 1.54) is 18.4 Å². The van der Waals surface area contributed by atoms with E-state index in [-0.39, 0.29) is 48.2 Å². The Morgan fingerprint density at radius 3 is 2.50 bits per heavy atom. The number of amides is 1. The zero-order valence-electron chi connectivity index (χ0n) is 17.6. The minimum Gasteiger partial charge on any atom is -0.447 e. The number of halogens is 3. The van der Waals surface area contributed by atoms with Crippen molar-refractivity contribution in [2.75, 3.05) is 0 Å². The zero-order valence-corrected chi connectivity index (χ0v) is 17.6. The summed E-state index contributed by atoms with van der Waals surface area (Å²) < 4.78 is 46.2. The second kappa shape index (κ2) is 9.16. The first-order valence-corrected chi connectivity index (χ1v) is 10.5. The molecule has 0 radical (unpaired) electrons. The fourth-order valence-electron chi connectivity index (χ4n) is 3.57. The van der Waals surface area contributed by atoms with Gasteiger partial charge in [0.1, 0.15) is 6.26 Å². The number of nitrogens with zero attached hydrogens (tertiary/aromatic N) is 2. The van der Waals surface area contributed by atoms with E-state index >= 15 is 0 Å². The SMILES string of the molecule is C[C@@H](c1ccccc1)N(Cc1nc(C(=O)NC2CC2)co1)Cc1ccccc1C(F)(F)F. The van der Waals surface area contributed by atoms with Crippen LogP contribution < -0.4 is 5.32 Å². The summed E-state index contributed by atoms with van der Waals surface area (Å²) in [7, 11) is 0. The van der Waals surface area contributed by atoms with Gasteiger partial charge in [0.05, 0.1) is 12.1 Å². The van der Waals surface area contributed by atoms with E-state index in [1.54, 1.807) is 6.07 Å². The molecule has 1 aliphatic carbocycles. The van der Waals surface area contributed by atoms with E-state index < -0.39 is 11.7 Å². The number of alkyl halides is 3. The number of aromatic nitrogens is 1. The number of carbonyl (C=O) groups excluding carboxylic acids is 1. The van der Waals surface area contributed by atoms with Gasteiger partial charge in [-0.25, -0.2) is 4.98 Å². The summed E-state index contributed by atoms with van der Waals surface area (Å²) >= 11 is 0. The maximum atomic E-state index is 13.6. The van der Waals surface area contributed by atoms with Crippen LogP contribution in [0.3, 0.4) is 0 Å². The highest BCUT2D eigenvalue weighted by molar-refractivity contribution is 5.92. The molecule has 5 nitrogen and oxygen atoms in total. The average molecular weight is 443 g/mol. The maximum Gasteiger partial charge on any atom is 0.416 e. The van der Waals surface area contributed by atoms with Crippen LogP contribution in [0.2, 0.25) is 0 Å². The Bertz CT molecular complexity index is 1060. The van der Waals surface area contributed by atoms with Gasteiger partial charge in [0.25, 0.3) is 5.91 Å². The van der Waals surface area contributed by atoms with Gasteiger partial charge < -0.3 is 9.73 Å².